The van der Waals surface area contributed by atoms with Gasteiger partial charge in [0.05, 0.1) is 16.7 Å². The number of benzene rings is 9. The molecule has 0 aliphatic carbocycles. The second kappa shape index (κ2) is 15.4. The van der Waals surface area contributed by atoms with Crippen LogP contribution in [0.1, 0.15) is 51.7 Å². The van der Waals surface area contributed by atoms with Crippen molar-refractivity contribution in [2.75, 3.05) is 4.90 Å². The van der Waals surface area contributed by atoms with Gasteiger partial charge in [-0.25, -0.2) is 0 Å². The van der Waals surface area contributed by atoms with Gasteiger partial charge in [0.1, 0.15) is 11.2 Å². The van der Waals surface area contributed by atoms with E-state index < -0.39 is 0 Å². The van der Waals surface area contributed by atoms with E-state index in [-0.39, 0.29) is 12.1 Å². The van der Waals surface area contributed by atoms with Crippen molar-refractivity contribution in [3.63, 3.8) is 0 Å². The van der Waals surface area contributed by atoms with Crippen LogP contribution in [-0.2, 0) is 11.8 Å². The number of rotatable bonds is 7. The normalized spacial score (nSPS) is 13.1. The number of anilines is 3. The van der Waals surface area contributed by atoms with Crippen molar-refractivity contribution in [3.8, 4) is 27.9 Å². The van der Waals surface area contributed by atoms with E-state index in [9.17, 15) is 0 Å². The predicted octanol–water partition coefficient (Wildman–Crippen LogP) is 15.4. The number of aromatic nitrogens is 1. The minimum atomic E-state index is -0.103. The Morgan fingerprint density at radius 3 is 1.94 bits per heavy atom. The highest BCUT2D eigenvalue weighted by Gasteiger charge is 2.43. The van der Waals surface area contributed by atoms with Crippen LogP contribution in [0.4, 0.5) is 17.1 Å². The molecule has 2 aliphatic rings. The maximum absolute atomic E-state index is 6.85. The molecule has 13 rings (SSSR count). The van der Waals surface area contributed by atoms with E-state index in [0.717, 1.165) is 46.9 Å². The third-order valence-electron chi connectivity index (χ3n) is 14.4. The number of fused-ring (bicyclic) bond motifs is 10. The molecular formula is C62H49BN2OS. The van der Waals surface area contributed by atoms with Crippen molar-refractivity contribution in [3.05, 3.63) is 199 Å². The fourth-order valence-corrected chi connectivity index (χ4v) is 12.4. The molecule has 67 heavy (non-hydrogen) atoms. The minimum Gasteiger partial charge on any atom is -0.456 e. The molecule has 0 N–H and O–H groups in total. The number of hydrogen-bond donors (Lipinski definition) is 0. The van der Waals surface area contributed by atoms with Crippen LogP contribution >= 0.6 is 11.8 Å². The lowest BCUT2D eigenvalue weighted by Crippen LogP contribution is -2.60. The SMILES string of the molecule is CCCCc1cc2oc3ccccc3c2c(-c2ccccc2)c1N1c2cc(-n3c4ccccc4c4ccccc43)ccc2B2c3cc(-c4ccccc4)ccc3Sc3cc(C(C)(C)C)cc1c32. The van der Waals surface area contributed by atoms with Crippen LogP contribution < -0.4 is 21.3 Å². The fraction of sp³-hybridized carbons (Fsp3) is 0.129. The standard InChI is InChI=1S/C62H49BN2OS/c1-5-6-19-42-35-55-59(47-26-15-18-29-54(47)66-55)58(40-22-11-8-12-23-40)61(42)65-52-38-44(64-50-27-16-13-24-45(50)46-25-14-17-28-51(46)64)31-32-48(52)63-49-34-41(39-20-9-7-10-21-39)30-33-56(49)67-57-37-43(62(2,3)4)36-53(65)60(57)63/h7-18,20-38H,5-6,19H2,1-4H3. The lowest BCUT2D eigenvalue weighted by molar-refractivity contribution is 0.589. The van der Waals surface area contributed by atoms with E-state index in [0.29, 0.717) is 0 Å². The van der Waals surface area contributed by atoms with Gasteiger partial charge < -0.3 is 13.9 Å². The first-order chi connectivity index (χ1) is 32.8. The van der Waals surface area contributed by atoms with Crippen LogP contribution in [-0.4, -0.2) is 11.3 Å². The first-order valence-electron chi connectivity index (χ1n) is 23.8. The van der Waals surface area contributed by atoms with Crippen molar-refractivity contribution in [1.29, 1.82) is 0 Å². The second-order valence-corrected chi connectivity index (χ2v) is 20.5. The summed E-state index contributed by atoms with van der Waals surface area (Å²) in [4.78, 5) is 5.36. The summed E-state index contributed by atoms with van der Waals surface area (Å²) < 4.78 is 9.34. The first-order valence-corrected chi connectivity index (χ1v) is 24.7. The number of hydrogen-bond acceptors (Lipinski definition) is 3. The average molecular weight is 881 g/mol. The Morgan fingerprint density at radius 2 is 1.22 bits per heavy atom. The van der Waals surface area contributed by atoms with E-state index in [1.807, 2.05) is 11.8 Å². The molecule has 4 heterocycles. The van der Waals surface area contributed by atoms with Gasteiger partial charge >= 0.3 is 0 Å². The van der Waals surface area contributed by atoms with Crippen LogP contribution in [0, 0.1) is 0 Å². The Kier molecular flexibility index (Phi) is 9.24. The van der Waals surface area contributed by atoms with Crippen LogP contribution in [0.25, 0.3) is 71.7 Å². The number of aryl methyl sites for hydroxylation is 1. The largest absolute Gasteiger partial charge is 0.456 e. The third-order valence-corrected chi connectivity index (χ3v) is 15.5. The van der Waals surface area contributed by atoms with E-state index >= 15 is 0 Å². The molecule has 2 aromatic heterocycles. The van der Waals surface area contributed by atoms with Crippen molar-refractivity contribution in [2.24, 2.45) is 0 Å². The van der Waals surface area contributed by atoms with Gasteiger partial charge in [-0.3, -0.25) is 0 Å². The predicted molar refractivity (Wildman–Crippen MR) is 286 cm³/mol. The summed E-state index contributed by atoms with van der Waals surface area (Å²) in [7, 11) is 0. The molecule has 9 aromatic carbocycles. The van der Waals surface area contributed by atoms with Gasteiger partial charge in [0, 0.05) is 54.0 Å². The zero-order chi connectivity index (χ0) is 45.0. The topological polar surface area (TPSA) is 21.3 Å². The number of furan rings is 1. The molecule has 3 nitrogen and oxygen atoms in total. The van der Waals surface area contributed by atoms with Crippen molar-refractivity contribution >= 4 is 95.7 Å². The summed E-state index contributed by atoms with van der Waals surface area (Å²) in [5.41, 5.74) is 20.5. The summed E-state index contributed by atoms with van der Waals surface area (Å²) in [6.45, 7) is 9.40. The zero-order valence-electron chi connectivity index (χ0n) is 38.3. The first kappa shape index (κ1) is 40.1. The Hall–Kier alpha value is -7.21. The van der Waals surface area contributed by atoms with Crippen molar-refractivity contribution in [1.82, 2.24) is 4.57 Å². The van der Waals surface area contributed by atoms with E-state index in [2.05, 4.69) is 225 Å². The molecule has 0 radical (unpaired) electrons. The number of nitrogens with zero attached hydrogens (tertiary/aromatic N) is 2. The third kappa shape index (κ3) is 6.28. The van der Waals surface area contributed by atoms with Gasteiger partial charge in [0.15, 0.2) is 0 Å². The molecule has 0 saturated heterocycles. The minimum absolute atomic E-state index is 0.00938. The average Bonchev–Trinajstić information content (AvgIpc) is 3.91. The van der Waals surface area contributed by atoms with Gasteiger partial charge in [0.25, 0.3) is 0 Å². The van der Waals surface area contributed by atoms with Crippen LogP contribution in [0.15, 0.2) is 202 Å². The lowest BCUT2D eigenvalue weighted by Gasteiger charge is -2.43. The molecular weight excluding hydrogens is 832 g/mol. The maximum atomic E-state index is 6.85. The van der Waals surface area contributed by atoms with Crippen molar-refractivity contribution < 1.29 is 4.42 Å². The van der Waals surface area contributed by atoms with E-state index in [1.165, 1.54) is 98.4 Å². The molecule has 0 unspecified atom stereocenters. The number of para-hydroxylation sites is 3. The lowest BCUT2D eigenvalue weighted by atomic mass is 9.34. The highest BCUT2D eigenvalue weighted by molar-refractivity contribution is 8.00. The van der Waals surface area contributed by atoms with Crippen LogP contribution in [0.3, 0.4) is 0 Å². The van der Waals surface area contributed by atoms with E-state index in [1.54, 1.807) is 0 Å². The van der Waals surface area contributed by atoms with Crippen molar-refractivity contribution in [2.45, 2.75) is 62.2 Å². The van der Waals surface area contributed by atoms with Gasteiger partial charge in [-0.2, -0.15) is 0 Å². The summed E-state index contributed by atoms with van der Waals surface area (Å²) in [6, 6.07) is 70.3. The zero-order valence-corrected chi connectivity index (χ0v) is 39.1. The molecule has 0 atom stereocenters. The fourth-order valence-electron chi connectivity index (χ4n) is 11.2. The molecule has 2 aliphatic heterocycles. The van der Waals surface area contributed by atoms with Crippen LogP contribution in [0.2, 0.25) is 0 Å². The summed E-state index contributed by atoms with van der Waals surface area (Å²) >= 11 is 1.94. The molecule has 0 bridgehead atoms. The van der Waals surface area contributed by atoms with Gasteiger partial charge in [-0.05, 0) is 112 Å². The molecule has 0 fully saturated rings. The maximum Gasteiger partial charge on any atom is 0.249 e. The summed E-state index contributed by atoms with van der Waals surface area (Å²) in [6.07, 6.45) is 3.06. The molecule has 322 valence electrons. The highest BCUT2D eigenvalue weighted by Crippen LogP contribution is 2.52. The van der Waals surface area contributed by atoms with Crippen LogP contribution in [0.5, 0.6) is 0 Å². The Morgan fingerprint density at radius 1 is 0.552 bits per heavy atom. The second-order valence-electron chi connectivity index (χ2n) is 19.5. The Bertz CT molecular complexity index is 3710. The molecule has 0 saturated carbocycles. The summed E-state index contributed by atoms with van der Waals surface area (Å²) in [5, 5.41) is 4.81. The summed E-state index contributed by atoms with van der Waals surface area (Å²) in [5.74, 6) is 0. The molecule has 0 spiro atoms. The number of unbranched alkanes of at least 4 members (excludes halogenated alkanes) is 1. The Labute approximate surface area is 396 Å². The molecule has 0 amide bonds. The smallest absolute Gasteiger partial charge is 0.249 e. The highest BCUT2D eigenvalue weighted by atomic mass is 32.2. The van der Waals surface area contributed by atoms with Gasteiger partial charge in [0.2, 0.25) is 6.71 Å². The molecule has 5 heteroatoms. The van der Waals surface area contributed by atoms with Gasteiger partial charge in [-0.15, -0.1) is 0 Å². The monoisotopic (exact) mass is 880 g/mol. The molecule has 11 aromatic rings. The van der Waals surface area contributed by atoms with E-state index in [4.69, 9.17) is 4.42 Å². The van der Waals surface area contributed by atoms with Gasteiger partial charge in [-0.1, -0.05) is 185 Å². The Balaban J connectivity index is 1.19. The quantitative estimate of drug-likeness (QED) is 0.149.